The van der Waals surface area contributed by atoms with Crippen molar-refractivity contribution < 1.29 is 53.4 Å². The van der Waals surface area contributed by atoms with E-state index < -0.39 is 12.0 Å². The van der Waals surface area contributed by atoms with Gasteiger partial charge >= 0.3 is 5.97 Å². The van der Waals surface area contributed by atoms with Crippen LogP contribution >= 0.6 is 0 Å². The van der Waals surface area contributed by atoms with Crippen LogP contribution in [0.5, 0.6) is 40.2 Å². The molecule has 8 rings (SSSR count). The van der Waals surface area contributed by atoms with Gasteiger partial charge < -0.3 is 49.7 Å². The van der Waals surface area contributed by atoms with Crippen molar-refractivity contribution in [3.8, 4) is 40.2 Å². The van der Waals surface area contributed by atoms with Gasteiger partial charge in [0.1, 0.15) is 17.5 Å². The summed E-state index contributed by atoms with van der Waals surface area (Å²) in [6, 6.07) is 17.4. The fourth-order valence-corrected chi connectivity index (χ4v) is 6.65. The number of nitrogens with two attached hydrogens (primary N) is 1. The van der Waals surface area contributed by atoms with E-state index in [1.54, 1.807) is 65.3 Å². The van der Waals surface area contributed by atoms with Crippen LogP contribution < -0.4 is 35.0 Å². The lowest BCUT2D eigenvalue weighted by atomic mass is 10.1. The lowest BCUT2D eigenvalue weighted by Gasteiger charge is -2.12. The van der Waals surface area contributed by atoms with Gasteiger partial charge in [-0.15, -0.1) is 0 Å². The van der Waals surface area contributed by atoms with E-state index in [1.165, 1.54) is 34.5 Å². The maximum Gasteiger partial charge on any atom is 0.320 e. The number of carbonyl (C=O) groups is 3. The summed E-state index contributed by atoms with van der Waals surface area (Å²) < 4.78 is 27.1. The molecule has 0 fully saturated rings. The number of phenols is 2. The smallest absolute Gasteiger partial charge is 0.320 e. The van der Waals surface area contributed by atoms with E-state index in [4.69, 9.17) is 29.8 Å². The topological polar surface area (TPSA) is 234 Å². The molecular formula is C41H36N4O12. The Morgan fingerprint density at radius 1 is 0.825 bits per heavy atom. The molecule has 292 valence electrons. The molecule has 4 heterocycles. The van der Waals surface area contributed by atoms with Crippen LogP contribution in [-0.4, -0.2) is 82.9 Å². The molecule has 16 heteroatoms. The van der Waals surface area contributed by atoms with E-state index in [1.807, 2.05) is 12.1 Å². The molecule has 6 N–H and O–H groups in total. The molecule has 0 aliphatic carbocycles. The van der Waals surface area contributed by atoms with Crippen molar-refractivity contribution >= 4 is 67.7 Å². The second-order valence-corrected chi connectivity index (χ2v) is 12.4. The zero-order valence-electron chi connectivity index (χ0n) is 30.9. The SMILES string of the molecule is COc1ccc(C=O)c(OC=O)c1OC.COc1ccc2c(c1OC)c(=O)n1c3ccc(O)cc3c3ccnc2c31.NC(Cc1c[nH]c2ccc(O)cc12)C(=O)O. The Morgan fingerprint density at radius 2 is 1.49 bits per heavy atom. The largest absolute Gasteiger partial charge is 0.508 e. The molecule has 8 aromatic rings. The fourth-order valence-electron chi connectivity index (χ4n) is 6.65. The first-order valence-electron chi connectivity index (χ1n) is 17.0. The first kappa shape index (κ1) is 39.1. The highest BCUT2D eigenvalue weighted by atomic mass is 16.6. The van der Waals surface area contributed by atoms with Gasteiger partial charge in [-0.25, -0.2) is 0 Å². The summed E-state index contributed by atoms with van der Waals surface area (Å²) in [7, 11) is 5.89. The number of aliphatic carboxylic acids is 1. The van der Waals surface area contributed by atoms with Gasteiger partial charge in [0.25, 0.3) is 12.0 Å². The number of benzene rings is 4. The second-order valence-electron chi connectivity index (χ2n) is 12.4. The van der Waals surface area contributed by atoms with E-state index in [0.717, 1.165) is 32.8 Å². The molecule has 16 nitrogen and oxygen atoms in total. The lowest BCUT2D eigenvalue weighted by Crippen LogP contribution is -2.32. The number of hydrogen-bond acceptors (Lipinski definition) is 13. The number of methoxy groups -OCH3 is 4. The zero-order valence-corrected chi connectivity index (χ0v) is 30.9. The van der Waals surface area contributed by atoms with Crippen LogP contribution in [0.4, 0.5) is 0 Å². The van der Waals surface area contributed by atoms with Crippen LogP contribution in [0.25, 0.3) is 49.0 Å². The molecule has 4 aromatic heterocycles. The monoisotopic (exact) mass is 776 g/mol. The van der Waals surface area contributed by atoms with Gasteiger partial charge in [-0.05, 0) is 72.3 Å². The van der Waals surface area contributed by atoms with Crippen molar-refractivity contribution in [2.45, 2.75) is 12.5 Å². The highest BCUT2D eigenvalue weighted by Gasteiger charge is 2.22. The first-order chi connectivity index (χ1) is 27.5. The Labute approximate surface area is 322 Å². The third-order valence-corrected chi connectivity index (χ3v) is 9.21. The van der Waals surface area contributed by atoms with Gasteiger partial charge in [0.2, 0.25) is 5.75 Å². The summed E-state index contributed by atoms with van der Waals surface area (Å²) in [6.07, 6.45) is 4.23. The molecule has 57 heavy (non-hydrogen) atoms. The quantitative estimate of drug-likeness (QED) is 0.0888. The zero-order chi connectivity index (χ0) is 41.0. The Kier molecular flexibility index (Phi) is 11.3. The third kappa shape index (κ3) is 7.19. The van der Waals surface area contributed by atoms with Crippen LogP contribution in [0.1, 0.15) is 15.9 Å². The number of H-pyrrole nitrogens is 1. The number of fused-ring (bicyclic) bond motifs is 6. The van der Waals surface area contributed by atoms with E-state index in [2.05, 4.69) is 14.7 Å². The van der Waals surface area contributed by atoms with Crippen LogP contribution in [0.2, 0.25) is 0 Å². The number of hydrogen-bond donors (Lipinski definition) is 5. The number of aromatic amines is 1. The summed E-state index contributed by atoms with van der Waals surface area (Å²) in [6.45, 7) is 0.226. The van der Waals surface area contributed by atoms with Crippen LogP contribution in [0, 0.1) is 0 Å². The number of ether oxygens (including phenoxy) is 5. The number of phenolic OH excluding ortho intramolecular Hbond substituents is 2. The molecular weight excluding hydrogens is 740 g/mol. The number of carboxylic acids is 1. The van der Waals surface area contributed by atoms with Gasteiger partial charge in [0.15, 0.2) is 29.3 Å². The second kappa shape index (κ2) is 16.4. The van der Waals surface area contributed by atoms with E-state index in [0.29, 0.717) is 45.3 Å². The number of carboxylic acid groups (broad SMARTS) is 1. The average molecular weight is 777 g/mol. The van der Waals surface area contributed by atoms with Crippen molar-refractivity contribution in [3.05, 3.63) is 101 Å². The number of rotatable bonds is 10. The maximum absolute atomic E-state index is 13.4. The van der Waals surface area contributed by atoms with Gasteiger partial charge in [0.05, 0.1) is 55.9 Å². The first-order valence-corrected chi connectivity index (χ1v) is 17.0. The summed E-state index contributed by atoms with van der Waals surface area (Å²) in [5.41, 5.74) is 9.27. The third-order valence-electron chi connectivity index (χ3n) is 9.21. The summed E-state index contributed by atoms with van der Waals surface area (Å²) in [5.74, 6) is 0.811. The summed E-state index contributed by atoms with van der Waals surface area (Å²) in [5, 5.41) is 31.6. The van der Waals surface area contributed by atoms with Crippen molar-refractivity contribution in [3.63, 3.8) is 0 Å². The molecule has 0 bridgehead atoms. The van der Waals surface area contributed by atoms with Crippen molar-refractivity contribution in [2.75, 3.05) is 28.4 Å². The number of aromatic hydroxyl groups is 2. The molecule has 0 saturated carbocycles. The van der Waals surface area contributed by atoms with Crippen molar-refractivity contribution in [1.82, 2.24) is 14.4 Å². The Bertz CT molecular complexity index is 2850. The predicted molar refractivity (Wildman–Crippen MR) is 211 cm³/mol. The Hall–Kier alpha value is -7.59. The highest BCUT2D eigenvalue weighted by molar-refractivity contribution is 6.19. The van der Waals surface area contributed by atoms with Gasteiger partial charge in [-0.1, -0.05) is 0 Å². The standard InChI is InChI=1S/C20H14N2O4.C11H12N2O3.C10H10O5/c1-25-15-6-4-12-16(19(15)26-2)20(24)22-14-5-3-10(23)9-13(14)11-7-8-21-17(12)18(11)22;12-9(11(15)16)3-6-5-13-10-2-1-7(14)4-8(6)10;1-13-8-4-3-7(5-11)9(15-6-12)10(8)14-2/h3-9,23H,1-2H3;1-2,4-5,9,13-14H,3,12H2,(H,15,16);3-6H,1-2H3. The number of aldehydes is 1. The fraction of sp³-hybridized carbons (Fsp3) is 0.146. The molecule has 4 aromatic carbocycles. The Balaban J connectivity index is 0.000000154. The molecule has 1 unspecified atom stereocenters. The molecule has 1 atom stereocenters. The summed E-state index contributed by atoms with van der Waals surface area (Å²) >= 11 is 0. The van der Waals surface area contributed by atoms with Crippen LogP contribution in [-0.2, 0) is 16.0 Å². The minimum Gasteiger partial charge on any atom is -0.508 e. The highest BCUT2D eigenvalue weighted by Crippen LogP contribution is 2.40. The van der Waals surface area contributed by atoms with Crippen LogP contribution in [0.15, 0.2) is 83.9 Å². The minimum absolute atomic E-state index is 0.0573. The van der Waals surface area contributed by atoms with Gasteiger partial charge in [-0.2, -0.15) is 0 Å². The van der Waals surface area contributed by atoms with Gasteiger partial charge in [-0.3, -0.25) is 28.6 Å². The molecule has 0 radical (unpaired) electrons. The number of nitrogens with zero attached hydrogens (tertiary/aromatic N) is 2. The van der Waals surface area contributed by atoms with Crippen molar-refractivity contribution in [1.29, 1.82) is 0 Å². The van der Waals surface area contributed by atoms with Crippen molar-refractivity contribution in [2.24, 2.45) is 5.73 Å². The van der Waals surface area contributed by atoms with Gasteiger partial charge in [0, 0.05) is 45.9 Å². The number of carbonyl (C=O) groups excluding carboxylic acids is 2. The molecule has 0 aliphatic rings. The minimum atomic E-state index is -1.03. The summed E-state index contributed by atoms with van der Waals surface area (Å²) in [4.78, 5) is 52.6. The van der Waals surface area contributed by atoms with E-state index in [9.17, 15) is 29.4 Å². The molecule has 0 amide bonds. The maximum atomic E-state index is 13.4. The number of pyridine rings is 2. The number of aromatic nitrogens is 3. The predicted octanol–water partition coefficient (Wildman–Crippen LogP) is 5.19. The number of nitrogens with one attached hydrogen (secondary N) is 1. The Morgan fingerprint density at radius 3 is 2.14 bits per heavy atom. The van der Waals surface area contributed by atoms with E-state index >= 15 is 0 Å². The lowest BCUT2D eigenvalue weighted by molar-refractivity contribution is -0.138. The molecule has 0 aliphatic heterocycles. The average Bonchev–Trinajstić information content (AvgIpc) is 3.77. The molecule has 0 spiro atoms. The van der Waals surface area contributed by atoms with E-state index in [-0.39, 0.29) is 47.0 Å². The molecule has 0 saturated heterocycles. The normalized spacial score (nSPS) is 11.4. The van der Waals surface area contributed by atoms with Crippen LogP contribution in [0.3, 0.4) is 0 Å².